The third kappa shape index (κ3) is 6.42. The number of benzene rings is 1. The van der Waals surface area contributed by atoms with Crippen LogP contribution in [-0.4, -0.2) is 72.3 Å². The van der Waals surface area contributed by atoms with Crippen molar-refractivity contribution in [1.29, 1.82) is 0 Å². The lowest BCUT2D eigenvalue weighted by Gasteiger charge is -2.40. The van der Waals surface area contributed by atoms with E-state index in [0.29, 0.717) is 35.2 Å². The minimum atomic E-state index is -5.00. The summed E-state index contributed by atoms with van der Waals surface area (Å²) in [5, 5.41) is 5.84. The summed E-state index contributed by atoms with van der Waals surface area (Å²) in [4.78, 5) is 18.1. The lowest BCUT2D eigenvalue weighted by atomic mass is 9.94. The molecule has 2 fully saturated rings. The summed E-state index contributed by atoms with van der Waals surface area (Å²) in [5.41, 5.74) is -2.80. The largest absolute Gasteiger partial charge is 0.456 e. The van der Waals surface area contributed by atoms with Gasteiger partial charge >= 0.3 is 17.5 Å². The zero-order valence-electron chi connectivity index (χ0n) is 21.6. The second kappa shape index (κ2) is 11.5. The van der Waals surface area contributed by atoms with Gasteiger partial charge in [0.25, 0.3) is 0 Å². The van der Waals surface area contributed by atoms with Gasteiger partial charge in [-0.2, -0.15) is 26.3 Å². The summed E-state index contributed by atoms with van der Waals surface area (Å²) >= 11 is 6.43. The molecule has 5 rings (SSSR count). The van der Waals surface area contributed by atoms with Gasteiger partial charge in [0.2, 0.25) is 6.04 Å². The number of alkyl halides is 6. The molecule has 7 nitrogen and oxygen atoms in total. The minimum Gasteiger partial charge on any atom is -0.456 e. The van der Waals surface area contributed by atoms with Gasteiger partial charge in [0, 0.05) is 37.0 Å². The van der Waals surface area contributed by atoms with Gasteiger partial charge in [-0.05, 0) is 74.1 Å². The van der Waals surface area contributed by atoms with Crippen molar-refractivity contribution in [3.63, 3.8) is 0 Å². The van der Waals surface area contributed by atoms with E-state index in [1.54, 1.807) is 0 Å². The van der Waals surface area contributed by atoms with Gasteiger partial charge in [-0.3, -0.25) is 10.2 Å². The van der Waals surface area contributed by atoms with Crippen molar-refractivity contribution in [3.05, 3.63) is 62.5 Å². The van der Waals surface area contributed by atoms with Crippen molar-refractivity contribution in [3.8, 4) is 0 Å². The molecule has 0 aliphatic carbocycles. The van der Waals surface area contributed by atoms with Crippen LogP contribution >= 0.6 is 11.6 Å². The maximum Gasteiger partial charge on any atom is 0.416 e. The van der Waals surface area contributed by atoms with Crippen molar-refractivity contribution in [2.45, 2.75) is 62.8 Å². The van der Waals surface area contributed by atoms with E-state index in [1.807, 2.05) is 0 Å². The van der Waals surface area contributed by atoms with E-state index in [1.165, 1.54) is 18.9 Å². The molecule has 0 radical (unpaired) electrons. The Hall–Kier alpha value is -2.35. The van der Waals surface area contributed by atoms with Crippen LogP contribution in [0, 0.1) is 4.91 Å². The standard InChI is InChI=1S/C26H31ClF6N5O2/c27-22-13-23(37-7-3-19(4-8-37)36-5-1-2-6-36)40-24-20(14-34-15-35-24)21(38(22)39)11-16-9-17(25(28,29)30)12-18(10-16)26(31,32)33/h9-10,12-13,19,21,23,34-35H,1-8,11,14-15H2/q+1/b22-13-. The number of hydrogen-bond donors (Lipinski definition) is 2. The zero-order chi connectivity index (χ0) is 28.7. The van der Waals surface area contributed by atoms with Gasteiger partial charge in [-0.25, -0.2) is 0 Å². The van der Waals surface area contributed by atoms with Crippen LogP contribution in [0.5, 0.6) is 0 Å². The summed E-state index contributed by atoms with van der Waals surface area (Å²) in [7, 11) is 0. The molecule has 0 spiro atoms. The Kier molecular flexibility index (Phi) is 8.38. The summed E-state index contributed by atoms with van der Waals surface area (Å²) in [6.07, 6.45) is -5.36. The maximum atomic E-state index is 13.5. The van der Waals surface area contributed by atoms with Crippen LogP contribution in [0.2, 0.25) is 0 Å². The number of piperidine rings is 1. The van der Waals surface area contributed by atoms with Crippen molar-refractivity contribution >= 4 is 11.6 Å². The molecule has 220 valence electrons. The highest BCUT2D eigenvalue weighted by molar-refractivity contribution is 6.28. The van der Waals surface area contributed by atoms with E-state index in [4.69, 9.17) is 16.3 Å². The first-order valence-corrected chi connectivity index (χ1v) is 13.7. The topological polar surface area (TPSA) is 59.9 Å². The molecule has 4 aliphatic rings. The smallest absolute Gasteiger partial charge is 0.416 e. The van der Waals surface area contributed by atoms with Crippen molar-refractivity contribution in [1.82, 2.24) is 20.4 Å². The van der Waals surface area contributed by atoms with Gasteiger partial charge in [0.05, 0.1) is 34.2 Å². The molecule has 0 amide bonds. The number of halogens is 7. The number of likely N-dealkylation sites (tertiary alicyclic amines) is 2. The van der Waals surface area contributed by atoms with Gasteiger partial charge in [-0.1, -0.05) is 0 Å². The highest BCUT2D eigenvalue weighted by Gasteiger charge is 2.43. The fraction of sp³-hybridized carbons (Fsp3) is 0.615. The number of nitrogens with one attached hydrogen (secondary N) is 2. The van der Waals surface area contributed by atoms with Crippen LogP contribution < -0.4 is 10.6 Å². The second-order valence-electron chi connectivity index (χ2n) is 10.6. The van der Waals surface area contributed by atoms with Crippen LogP contribution in [0.25, 0.3) is 0 Å². The molecule has 2 saturated heterocycles. The van der Waals surface area contributed by atoms with Crippen LogP contribution in [-0.2, 0) is 23.5 Å². The number of nitrogens with zero attached hydrogens (tertiary/aromatic N) is 3. The Labute approximate surface area is 232 Å². The summed E-state index contributed by atoms with van der Waals surface area (Å²) < 4.78 is 87.4. The minimum absolute atomic E-state index is 0.0680. The average molecular weight is 595 g/mol. The first-order chi connectivity index (χ1) is 18.9. The van der Waals surface area contributed by atoms with E-state index < -0.39 is 42.2 Å². The molecule has 1 aromatic carbocycles. The van der Waals surface area contributed by atoms with E-state index in [9.17, 15) is 31.2 Å². The van der Waals surface area contributed by atoms with Gasteiger partial charge in [-0.15, -0.1) is 0 Å². The molecular weight excluding hydrogens is 564 g/mol. The zero-order valence-corrected chi connectivity index (χ0v) is 22.4. The lowest BCUT2D eigenvalue weighted by Crippen LogP contribution is -2.50. The third-order valence-corrected chi connectivity index (χ3v) is 8.28. The highest BCUT2D eigenvalue weighted by atomic mass is 35.5. The van der Waals surface area contributed by atoms with E-state index >= 15 is 0 Å². The predicted molar refractivity (Wildman–Crippen MR) is 135 cm³/mol. The molecule has 0 aromatic heterocycles. The monoisotopic (exact) mass is 594 g/mol. The Morgan fingerprint density at radius 1 is 0.950 bits per heavy atom. The van der Waals surface area contributed by atoms with Gasteiger partial charge in [0.15, 0.2) is 12.1 Å². The van der Waals surface area contributed by atoms with Gasteiger partial charge < -0.3 is 15.0 Å². The Bertz CT molecular complexity index is 1140. The summed E-state index contributed by atoms with van der Waals surface area (Å²) in [5.74, 6) is 0.278. The van der Waals surface area contributed by atoms with Crippen LogP contribution in [0.3, 0.4) is 0 Å². The molecular formula is C26H31ClF6N5O2+. The molecule has 0 saturated carbocycles. The molecule has 14 heteroatoms. The normalized spacial score (nSPS) is 27.4. The van der Waals surface area contributed by atoms with Gasteiger partial charge in [0.1, 0.15) is 0 Å². The molecule has 2 N–H and O–H groups in total. The van der Waals surface area contributed by atoms with E-state index in [2.05, 4.69) is 20.4 Å². The maximum absolute atomic E-state index is 13.5. The Morgan fingerprint density at radius 3 is 2.17 bits per heavy atom. The molecule has 4 aliphatic heterocycles. The molecule has 4 heterocycles. The average Bonchev–Trinajstić information content (AvgIpc) is 3.45. The van der Waals surface area contributed by atoms with Crippen LogP contribution in [0.1, 0.15) is 42.4 Å². The highest BCUT2D eigenvalue weighted by Crippen LogP contribution is 2.37. The molecule has 40 heavy (non-hydrogen) atoms. The fourth-order valence-corrected chi connectivity index (χ4v) is 6.14. The fourth-order valence-electron chi connectivity index (χ4n) is 5.92. The number of ether oxygens (including phenoxy) is 1. The molecule has 0 bridgehead atoms. The lowest BCUT2D eigenvalue weighted by molar-refractivity contribution is -0.521. The predicted octanol–water partition coefficient (Wildman–Crippen LogP) is 4.77. The SMILES string of the molecule is O=[N+]1/C(Cl)=C\C(N2CCC(N3CCCC3)CC2)OC2=C(CNCN2)C1Cc1cc(C(F)(F)F)cc(C(F)(F)F)c1. The quantitative estimate of drug-likeness (QED) is 0.298. The number of hydrogen-bond acceptors (Lipinski definition) is 6. The number of nitroso groups, excluding NO2 is 1. The van der Waals surface area contributed by atoms with Crippen molar-refractivity contribution in [2.24, 2.45) is 0 Å². The van der Waals surface area contributed by atoms with Crippen LogP contribution in [0.4, 0.5) is 26.3 Å². The van der Waals surface area contributed by atoms with E-state index in [0.717, 1.165) is 39.0 Å². The van der Waals surface area contributed by atoms with E-state index in [-0.39, 0.29) is 29.2 Å². The van der Waals surface area contributed by atoms with Crippen LogP contribution in [0.15, 0.2) is 40.9 Å². The summed E-state index contributed by atoms with van der Waals surface area (Å²) in [6.45, 7) is 4.11. The van der Waals surface area contributed by atoms with Crippen molar-refractivity contribution in [2.75, 3.05) is 39.4 Å². The second-order valence-corrected chi connectivity index (χ2v) is 11.0. The molecule has 1 aromatic rings. The first kappa shape index (κ1) is 29.2. The molecule has 2 atom stereocenters. The molecule has 2 unspecified atom stereocenters. The Morgan fingerprint density at radius 2 is 1.57 bits per heavy atom. The number of rotatable bonds is 4. The summed E-state index contributed by atoms with van der Waals surface area (Å²) in [6, 6.07) is 0.631. The third-order valence-electron chi connectivity index (χ3n) is 7.99. The Balaban J connectivity index is 1.41. The van der Waals surface area contributed by atoms with Crippen molar-refractivity contribution < 1.29 is 35.8 Å². The first-order valence-electron chi connectivity index (χ1n) is 13.3.